The van der Waals surface area contributed by atoms with Crippen molar-refractivity contribution in [3.8, 4) is 0 Å². The summed E-state index contributed by atoms with van der Waals surface area (Å²) in [7, 11) is 0. The van der Waals surface area contributed by atoms with Gasteiger partial charge in [0.05, 0.1) is 11.1 Å². The van der Waals surface area contributed by atoms with Gasteiger partial charge in [0.2, 0.25) is 0 Å². The summed E-state index contributed by atoms with van der Waals surface area (Å²) < 4.78 is 10.5. The molecule has 154 valence electrons. The van der Waals surface area contributed by atoms with Gasteiger partial charge in [-0.05, 0) is 48.5 Å². The molecule has 0 aliphatic carbocycles. The number of benzene rings is 3. The van der Waals surface area contributed by atoms with E-state index >= 15 is 0 Å². The highest BCUT2D eigenvalue weighted by atomic mass is 32.2. The predicted molar refractivity (Wildman–Crippen MR) is 120 cm³/mol. The smallest absolute Gasteiger partial charge is 0.338 e. The van der Waals surface area contributed by atoms with Gasteiger partial charge in [-0.2, -0.15) is 0 Å². The van der Waals surface area contributed by atoms with Crippen molar-refractivity contribution in [3.63, 3.8) is 0 Å². The summed E-state index contributed by atoms with van der Waals surface area (Å²) in [6, 6.07) is 20.8. The van der Waals surface area contributed by atoms with Crippen molar-refractivity contribution in [2.75, 3.05) is 23.3 Å². The van der Waals surface area contributed by atoms with E-state index in [0.717, 1.165) is 9.79 Å². The zero-order chi connectivity index (χ0) is 21.3. The Bertz CT molecular complexity index is 943. The molecule has 0 amide bonds. The van der Waals surface area contributed by atoms with Gasteiger partial charge in [0.25, 0.3) is 0 Å². The number of nitrogens with two attached hydrogens (primary N) is 2. The Hall–Kier alpha value is -3.10. The monoisotopic (exact) mass is 440 g/mol. The van der Waals surface area contributed by atoms with Crippen LogP contribution in [-0.2, 0) is 9.47 Å². The van der Waals surface area contributed by atoms with Gasteiger partial charge in [0, 0.05) is 21.2 Å². The first-order valence-electron chi connectivity index (χ1n) is 8.93. The summed E-state index contributed by atoms with van der Waals surface area (Å²) in [4.78, 5) is 26.0. The van der Waals surface area contributed by atoms with Crippen LogP contribution in [0.4, 0.5) is 11.4 Å². The van der Waals surface area contributed by atoms with Crippen molar-refractivity contribution in [1.29, 1.82) is 0 Å². The summed E-state index contributed by atoms with van der Waals surface area (Å²) >= 11 is 2.67. The normalized spacial score (nSPS) is 10.4. The van der Waals surface area contributed by atoms with Crippen molar-refractivity contribution in [3.05, 3.63) is 83.9 Å². The molecule has 0 saturated carbocycles. The van der Waals surface area contributed by atoms with Crippen molar-refractivity contribution in [2.24, 2.45) is 0 Å². The molecule has 8 heteroatoms. The standard InChI is InChI=1S/C22H20N2O4S2/c23-17-5-1-3-7-19(17)29-13-27-21(25)15-9-11-16(12-10-15)22(26)28-14-30-20-8-4-2-6-18(20)24/h1-12H,13-14,23-24H2. The maximum atomic E-state index is 12.2. The molecule has 0 spiro atoms. The van der Waals surface area contributed by atoms with Crippen LogP contribution < -0.4 is 11.5 Å². The number of thioether (sulfide) groups is 2. The van der Waals surface area contributed by atoms with Crippen LogP contribution in [0.5, 0.6) is 0 Å². The van der Waals surface area contributed by atoms with E-state index in [1.165, 1.54) is 47.8 Å². The molecule has 0 heterocycles. The molecule has 4 N–H and O–H groups in total. The highest BCUT2D eigenvalue weighted by molar-refractivity contribution is 7.99. The molecule has 6 nitrogen and oxygen atoms in total. The zero-order valence-electron chi connectivity index (χ0n) is 15.9. The number of nitrogen functional groups attached to an aromatic ring is 2. The molecule has 0 bridgehead atoms. The lowest BCUT2D eigenvalue weighted by molar-refractivity contribution is 0.0565. The summed E-state index contributed by atoms with van der Waals surface area (Å²) in [5, 5.41) is 0. The minimum absolute atomic E-state index is 0.136. The maximum Gasteiger partial charge on any atom is 0.338 e. The van der Waals surface area contributed by atoms with Gasteiger partial charge in [-0.3, -0.25) is 0 Å². The molecule has 0 atom stereocenters. The van der Waals surface area contributed by atoms with Crippen LogP contribution in [0.1, 0.15) is 20.7 Å². The lowest BCUT2D eigenvalue weighted by Crippen LogP contribution is -2.08. The van der Waals surface area contributed by atoms with Gasteiger partial charge in [0.1, 0.15) is 11.9 Å². The minimum Gasteiger partial charge on any atom is -0.451 e. The molecule has 0 saturated heterocycles. The van der Waals surface area contributed by atoms with Gasteiger partial charge in [-0.15, -0.1) is 0 Å². The molecule has 3 aromatic carbocycles. The number of para-hydroxylation sites is 2. The molecule has 0 aliphatic heterocycles. The first kappa shape index (κ1) is 21.6. The Balaban J connectivity index is 1.46. The summed E-state index contributed by atoms with van der Waals surface area (Å²) in [5.74, 6) is -0.688. The third-order valence-corrected chi connectivity index (χ3v) is 5.84. The number of esters is 2. The Morgan fingerprint density at radius 1 is 0.633 bits per heavy atom. The topological polar surface area (TPSA) is 105 Å². The third-order valence-electron chi connectivity index (χ3n) is 4.00. The molecule has 30 heavy (non-hydrogen) atoms. The van der Waals surface area contributed by atoms with Gasteiger partial charge in [0.15, 0.2) is 0 Å². The Kier molecular flexibility index (Phi) is 7.64. The van der Waals surface area contributed by atoms with Crippen molar-refractivity contribution in [1.82, 2.24) is 0 Å². The van der Waals surface area contributed by atoms with E-state index < -0.39 is 11.9 Å². The van der Waals surface area contributed by atoms with E-state index in [-0.39, 0.29) is 11.9 Å². The first-order valence-corrected chi connectivity index (χ1v) is 10.9. The third kappa shape index (κ3) is 5.95. The molecule has 0 unspecified atom stereocenters. The van der Waals surface area contributed by atoms with E-state index in [2.05, 4.69) is 0 Å². The quantitative estimate of drug-likeness (QED) is 0.225. The fraction of sp³-hybridized carbons (Fsp3) is 0.0909. The van der Waals surface area contributed by atoms with Crippen molar-refractivity contribution >= 4 is 46.8 Å². The first-order chi connectivity index (χ1) is 14.5. The Morgan fingerprint density at radius 2 is 1.00 bits per heavy atom. The fourth-order valence-corrected chi connectivity index (χ4v) is 3.83. The molecule has 3 rings (SSSR count). The van der Waals surface area contributed by atoms with Crippen LogP contribution in [0.2, 0.25) is 0 Å². The van der Waals surface area contributed by atoms with Crippen LogP contribution in [0.25, 0.3) is 0 Å². The van der Waals surface area contributed by atoms with Gasteiger partial charge < -0.3 is 20.9 Å². The number of rotatable bonds is 8. The number of carbonyl (C=O) groups excluding carboxylic acids is 2. The van der Waals surface area contributed by atoms with Crippen LogP contribution in [0.3, 0.4) is 0 Å². The molecule has 0 fully saturated rings. The highest BCUT2D eigenvalue weighted by Crippen LogP contribution is 2.25. The number of anilines is 2. The number of hydrogen-bond donors (Lipinski definition) is 2. The summed E-state index contributed by atoms with van der Waals surface area (Å²) in [6.45, 7) is 0. The summed E-state index contributed by atoms with van der Waals surface area (Å²) in [5.41, 5.74) is 13.7. The Labute approximate surface area is 182 Å². The molecular formula is C22H20N2O4S2. The van der Waals surface area contributed by atoms with Crippen molar-refractivity contribution in [2.45, 2.75) is 9.79 Å². The second kappa shape index (κ2) is 10.6. The second-order valence-electron chi connectivity index (χ2n) is 6.04. The second-order valence-corrected chi connectivity index (χ2v) is 7.97. The number of carbonyl (C=O) groups is 2. The van der Waals surface area contributed by atoms with E-state index in [1.807, 2.05) is 36.4 Å². The van der Waals surface area contributed by atoms with Gasteiger partial charge in [-0.1, -0.05) is 47.8 Å². The van der Waals surface area contributed by atoms with Crippen LogP contribution in [0.15, 0.2) is 82.6 Å². The lowest BCUT2D eigenvalue weighted by atomic mass is 10.1. The Morgan fingerprint density at radius 3 is 1.37 bits per heavy atom. The van der Waals surface area contributed by atoms with Gasteiger partial charge >= 0.3 is 11.9 Å². The largest absolute Gasteiger partial charge is 0.451 e. The minimum atomic E-state index is -0.480. The lowest BCUT2D eigenvalue weighted by Gasteiger charge is -2.08. The van der Waals surface area contributed by atoms with E-state index in [9.17, 15) is 9.59 Å². The SMILES string of the molecule is Nc1ccccc1SCOC(=O)c1ccc(C(=O)OCSc2ccccc2N)cc1. The van der Waals surface area contributed by atoms with Crippen LogP contribution in [-0.4, -0.2) is 23.8 Å². The molecule has 0 radical (unpaired) electrons. The highest BCUT2D eigenvalue weighted by Gasteiger charge is 2.12. The molecule has 0 aliphatic rings. The van der Waals surface area contributed by atoms with Crippen molar-refractivity contribution < 1.29 is 19.1 Å². The molecule has 3 aromatic rings. The average molecular weight is 441 g/mol. The average Bonchev–Trinajstić information content (AvgIpc) is 2.76. The van der Waals surface area contributed by atoms with Crippen LogP contribution >= 0.6 is 23.5 Å². The zero-order valence-corrected chi connectivity index (χ0v) is 17.6. The molecule has 0 aromatic heterocycles. The summed E-state index contributed by atoms with van der Waals surface area (Å²) in [6.07, 6.45) is 0. The number of hydrogen-bond acceptors (Lipinski definition) is 8. The molecular weight excluding hydrogens is 420 g/mol. The maximum absolute atomic E-state index is 12.2. The predicted octanol–water partition coefficient (Wildman–Crippen LogP) is 4.66. The van der Waals surface area contributed by atoms with E-state index in [1.54, 1.807) is 12.1 Å². The van der Waals surface area contributed by atoms with E-state index in [4.69, 9.17) is 20.9 Å². The van der Waals surface area contributed by atoms with E-state index in [0.29, 0.717) is 22.5 Å². The number of ether oxygens (including phenoxy) is 2. The van der Waals surface area contributed by atoms with Gasteiger partial charge in [-0.25, -0.2) is 9.59 Å². The fourth-order valence-electron chi connectivity index (χ4n) is 2.43. The van der Waals surface area contributed by atoms with Crippen LogP contribution in [0, 0.1) is 0 Å².